The largest absolute Gasteiger partial charge is 0.396 e. The first kappa shape index (κ1) is 15.8. The van der Waals surface area contributed by atoms with Crippen LogP contribution in [0.4, 0.5) is 14.5 Å². The van der Waals surface area contributed by atoms with Gasteiger partial charge in [-0.05, 0) is 37.6 Å². The molecule has 0 unspecified atom stereocenters. The fourth-order valence-electron chi connectivity index (χ4n) is 1.68. The lowest BCUT2D eigenvalue weighted by Crippen LogP contribution is -2.24. The minimum absolute atomic E-state index is 0.0638. The fraction of sp³-hybridized carbons (Fsp3) is 0.500. The van der Waals surface area contributed by atoms with E-state index >= 15 is 0 Å². The zero-order valence-electron chi connectivity index (χ0n) is 10.6. The number of anilines is 1. The van der Waals surface area contributed by atoms with Gasteiger partial charge in [0.05, 0.1) is 4.90 Å². The molecule has 0 bridgehead atoms. The second-order valence-corrected chi connectivity index (χ2v) is 5.87. The van der Waals surface area contributed by atoms with Crippen LogP contribution in [0, 0.1) is 0 Å². The fourth-order valence-corrected chi connectivity index (χ4v) is 2.40. The molecule has 0 spiro atoms. The topological polar surface area (TPSA) is 57.6 Å². The van der Waals surface area contributed by atoms with Crippen molar-refractivity contribution in [2.75, 3.05) is 24.6 Å². The summed E-state index contributed by atoms with van der Waals surface area (Å²) in [4.78, 5) is 1.54. The van der Waals surface area contributed by atoms with E-state index in [2.05, 4.69) is 0 Å². The van der Waals surface area contributed by atoms with Gasteiger partial charge in [0.2, 0.25) is 9.84 Å². The monoisotopic (exact) mass is 293 g/mol. The van der Waals surface area contributed by atoms with Crippen LogP contribution in [0.5, 0.6) is 0 Å². The van der Waals surface area contributed by atoms with E-state index in [0.717, 1.165) is 5.69 Å². The Kier molecular flexibility index (Phi) is 5.68. The van der Waals surface area contributed by atoms with Gasteiger partial charge in [0, 0.05) is 25.4 Å². The molecule has 0 fully saturated rings. The summed E-state index contributed by atoms with van der Waals surface area (Å²) in [5, 5.41) is 8.78. The minimum atomic E-state index is -4.53. The van der Waals surface area contributed by atoms with Crippen molar-refractivity contribution in [1.82, 2.24) is 0 Å². The third-order valence-electron chi connectivity index (χ3n) is 2.73. The van der Waals surface area contributed by atoms with E-state index in [1.54, 1.807) is 0 Å². The molecule has 0 aliphatic carbocycles. The lowest BCUT2D eigenvalue weighted by atomic mass is 10.2. The highest BCUT2D eigenvalue weighted by Gasteiger charge is 2.26. The van der Waals surface area contributed by atoms with Gasteiger partial charge in [-0.25, -0.2) is 8.42 Å². The first-order valence-electron chi connectivity index (χ1n) is 5.91. The molecule has 0 saturated heterocycles. The average Bonchev–Trinajstić information content (AvgIpc) is 2.40. The summed E-state index contributed by atoms with van der Waals surface area (Å²) < 4.78 is 47.2. The van der Waals surface area contributed by atoms with Crippen molar-refractivity contribution in [3.8, 4) is 0 Å². The van der Waals surface area contributed by atoms with Crippen LogP contribution < -0.4 is 4.90 Å². The second-order valence-electron chi connectivity index (χ2n) is 3.96. The van der Waals surface area contributed by atoms with E-state index in [0.29, 0.717) is 19.5 Å². The number of hydrogen-bond acceptors (Lipinski definition) is 4. The molecule has 0 heterocycles. The Morgan fingerprint density at radius 3 is 2.26 bits per heavy atom. The first-order chi connectivity index (χ1) is 8.93. The molecule has 0 aliphatic rings. The molecular weight excluding hydrogens is 276 g/mol. The van der Waals surface area contributed by atoms with E-state index in [9.17, 15) is 17.2 Å². The summed E-state index contributed by atoms with van der Waals surface area (Å²) >= 11 is 0. The highest BCUT2D eigenvalue weighted by molar-refractivity contribution is 7.91. The average molecular weight is 293 g/mol. The molecule has 4 nitrogen and oxygen atoms in total. The summed E-state index contributed by atoms with van der Waals surface area (Å²) in [6.45, 7) is 3.28. The molecule has 0 atom stereocenters. The van der Waals surface area contributed by atoms with Gasteiger partial charge in [-0.15, -0.1) is 0 Å². The summed E-state index contributed by atoms with van der Waals surface area (Å²) in [5.41, 5.74) is 0.740. The quantitative estimate of drug-likeness (QED) is 0.834. The zero-order chi connectivity index (χ0) is 14.5. The number of halogens is 2. The van der Waals surface area contributed by atoms with Crippen LogP contribution in [0.1, 0.15) is 13.3 Å². The zero-order valence-corrected chi connectivity index (χ0v) is 11.4. The Balaban J connectivity index is 2.92. The van der Waals surface area contributed by atoms with Crippen LogP contribution in [-0.4, -0.2) is 39.0 Å². The maximum atomic E-state index is 12.4. The van der Waals surface area contributed by atoms with Crippen molar-refractivity contribution in [2.45, 2.75) is 24.0 Å². The van der Waals surface area contributed by atoms with E-state index in [4.69, 9.17) is 5.11 Å². The molecule has 1 aromatic carbocycles. The van der Waals surface area contributed by atoms with Crippen molar-refractivity contribution < 1.29 is 22.3 Å². The molecule has 0 saturated carbocycles. The number of nitrogens with zero attached hydrogens (tertiary/aromatic N) is 1. The van der Waals surface area contributed by atoms with Crippen molar-refractivity contribution in [3.63, 3.8) is 0 Å². The van der Waals surface area contributed by atoms with Gasteiger partial charge in [-0.2, -0.15) is 8.78 Å². The van der Waals surface area contributed by atoms with Gasteiger partial charge in [0.25, 0.3) is 0 Å². The minimum Gasteiger partial charge on any atom is -0.396 e. The van der Waals surface area contributed by atoms with Crippen LogP contribution in [0.2, 0.25) is 0 Å². The van der Waals surface area contributed by atoms with E-state index in [1.807, 2.05) is 11.8 Å². The van der Waals surface area contributed by atoms with E-state index < -0.39 is 15.6 Å². The Bertz CT molecular complexity index is 488. The standard InChI is InChI=1S/C12H17F2NO3S/c1-2-15(8-3-9-16)10-4-6-11(7-5-10)19(17,18)12(13)14/h4-7,12,16H,2-3,8-9H2,1H3. The lowest BCUT2D eigenvalue weighted by Gasteiger charge is -2.22. The Hall–Kier alpha value is -1.21. The van der Waals surface area contributed by atoms with Gasteiger partial charge in [-0.3, -0.25) is 0 Å². The molecule has 108 valence electrons. The maximum Gasteiger partial charge on any atom is 0.341 e. The molecule has 0 amide bonds. The summed E-state index contributed by atoms with van der Waals surface area (Å²) in [6.07, 6.45) is 0.588. The molecule has 1 aromatic rings. The Labute approximate surface area is 111 Å². The van der Waals surface area contributed by atoms with Crippen molar-refractivity contribution in [2.24, 2.45) is 0 Å². The normalized spacial score (nSPS) is 11.8. The van der Waals surface area contributed by atoms with Gasteiger partial charge in [0.15, 0.2) is 0 Å². The predicted molar refractivity (Wildman–Crippen MR) is 69.2 cm³/mol. The highest BCUT2D eigenvalue weighted by Crippen LogP contribution is 2.22. The number of sulfone groups is 1. The summed E-state index contributed by atoms with van der Waals surface area (Å²) in [5.74, 6) is -3.41. The number of aliphatic hydroxyl groups is 1. The Morgan fingerprint density at radius 1 is 1.26 bits per heavy atom. The molecule has 0 radical (unpaired) electrons. The molecule has 19 heavy (non-hydrogen) atoms. The number of benzene rings is 1. The third-order valence-corrected chi connectivity index (χ3v) is 4.13. The molecular formula is C12H17F2NO3S. The number of rotatable bonds is 7. The van der Waals surface area contributed by atoms with Gasteiger partial charge < -0.3 is 10.0 Å². The summed E-state index contributed by atoms with van der Waals surface area (Å²) in [6, 6.07) is 5.35. The first-order valence-corrected chi connectivity index (χ1v) is 7.46. The summed E-state index contributed by atoms with van der Waals surface area (Å²) in [7, 11) is -4.53. The maximum absolute atomic E-state index is 12.4. The number of hydrogen-bond donors (Lipinski definition) is 1. The Morgan fingerprint density at radius 2 is 1.84 bits per heavy atom. The van der Waals surface area contributed by atoms with Gasteiger partial charge in [-0.1, -0.05) is 0 Å². The van der Waals surface area contributed by atoms with Crippen LogP contribution in [0.25, 0.3) is 0 Å². The number of aliphatic hydroxyl groups excluding tert-OH is 1. The second kappa shape index (κ2) is 6.81. The third kappa shape index (κ3) is 3.87. The van der Waals surface area contributed by atoms with Crippen molar-refractivity contribution >= 4 is 15.5 Å². The van der Waals surface area contributed by atoms with Crippen molar-refractivity contribution in [1.29, 1.82) is 0 Å². The van der Waals surface area contributed by atoms with Crippen LogP contribution in [0.3, 0.4) is 0 Å². The molecule has 0 aromatic heterocycles. The van der Waals surface area contributed by atoms with Crippen LogP contribution in [-0.2, 0) is 9.84 Å². The smallest absolute Gasteiger partial charge is 0.341 e. The molecule has 7 heteroatoms. The molecule has 1 N–H and O–H groups in total. The molecule has 1 rings (SSSR count). The van der Waals surface area contributed by atoms with E-state index in [1.165, 1.54) is 24.3 Å². The van der Waals surface area contributed by atoms with Gasteiger partial charge >= 0.3 is 5.76 Å². The SMILES string of the molecule is CCN(CCCO)c1ccc(S(=O)(=O)C(F)F)cc1. The molecule has 0 aliphatic heterocycles. The predicted octanol–water partition coefficient (Wildman–Crippen LogP) is 1.89. The van der Waals surface area contributed by atoms with Crippen LogP contribution in [0.15, 0.2) is 29.2 Å². The van der Waals surface area contributed by atoms with E-state index in [-0.39, 0.29) is 11.5 Å². The highest BCUT2D eigenvalue weighted by atomic mass is 32.2. The van der Waals surface area contributed by atoms with Gasteiger partial charge in [0.1, 0.15) is 0 Å². The van der Waals surface area contributed by atoms with Crippen LogP contribution >= 0.6 is 0 Å². The van der Waals surface area contributed by atoms with Crippen molar-refractivity contribution in [3.05, 3.63) is 24.3 Å². The lowest BCUT2D eigenvalue weighted by molar-refractivity contribution is 0.234. The number of alkyl halides is 2.